The predicted octanol–water partition coefficient (Wildman–Crippen LogP) is 1.94. The van der Waals surface area contributed by atoms with Gasteiger partial charge in [0.2, 0.25) is 34.8 Å². The van der Waals surface area contributed by atoms with Gasteiger partial charge < -0.3 is 42.4 Å². The fraction of sp³-hybridized carbons (Fsp3) is 0.760. The van der Waals surface area contributed by atoms with Gasteiger partial charge in [0.15, 0.2) is 0 Å². The molecule has 17 nitrogen and oxygen atoms in total. The predicted molar refractivity (Wildman–Crippen MR) is 179 cm³/mol. The van der Waals surface area contributed by atoms with Crippen LogP contribution in [0.1, 0.15) is 52.4 Å². The molecule has 0 rings (SSSR count). The second-order valence-corrected chi connectivity index (χ2v) is 8.52. The topological polar surface area (TPSA) is 265 Å². The van der Waals surface area contributed by atoms with Gasteiger partial charge >= 0.3 is 0 Å². The van der Waals surface area contributed by atoms with Crippen molar-refractivity contribution in [2.24, 2.45) is 5.73 Å². The Morgan fingerprint density at radius 1 is 0.711 bits per heavy atom. The zero-order valence-electron chi connectivity index (χ0n) is 28.4. The molecule has 0 radical (unpaired) electrons. The van der Waals surface area contributed by atoms with Crippen molar-refractivity contribution in [1.82, 2.24) is 31.9 Å². The average Bonchev–Trinajstić information content (AvgIpc) is 3.00. The Morgan fingerprint density at radius 2 is 1.02 bits per heavy atom. The molecule has 45 heavy (non-hydrogen) atoms. The summed E-state index contributed by atoms with van der Waals surface area (Å²) in [6.07, 6.45) is 3.71. The minimum absolute atomic E-state index is 0. The van der Waals surface area contributed by atoms with Gasteiger partial charge in [0, 0.05) is 49.3 Å². The summed E-state index contributed by atoms with van der Waals surface area (Å²) in [5.41, 5.74) is 9.00. The maximum atomic E-state index is 10.8. The van der Waals surface area contributed by atoms with Crippen LogP contribution in [0.25, 0.3) is 0 Å². The van der Waals surface area contributed by atoms with E-state index in [0.29, 0.717) is 13.2 Å². The first-order chi connectivity index (χ1) is 20.6. The van der Waals surface area contributed by atoms with Crippen LogP contribution in [0.4, 0.5) is 0 Å². The summed E-state index contributed by atoms with van der Waals surface area (Å²) >= 11 is 14.8. The van der Waals surface area contributed by atoms with Crippen LogP contribution in [-0.4, -0.2) is 120 Å². The van der Waals surface area contributed by atoms with Crippen LogP contribution in [-0.2, 0) is 37.8 Å². The van der Waals surface area contributed by atoms with Gasteiger partial charge in [-0.15, -0.1) is 0 Å². The molecule has 0 aromatic rings. The Balaban J connectivity index is -0.0000000622. The maximum absolute atomic E-state index is 10.8. The number of nitroso groups, excluding NO2 is 1. The number of carbonyl (C=O) groups excluding carboxylic acids is 6. The Hall–Kier alpha value is -2.67. The molecule has 20 heteroatoms. The van der Waals surface area contributed by atoms with Crippen LogP contribution < -0.4 is 27.8 Å². The third-order valence-corrected chi connectivity index (χ3v) is 4.29. The van der Waals surface area contributed by atoms with Gasteiger partial charge in [0.25, 0.3) is 0 Å². The minimum atomic E-state index is -0.635. The van der Waals surface area contributed by atoms with Crippen LogP contribution in [0.2, 0.25) is 0 Å². The quantitative estimate of drug-likeness (QED) is 0.0558. The molecule has 0 heterocycles. The van der Waals surface area contributed by atoms with Crippen molar-refractivity contribution in [2.45, 2.75) is 52.4 Å². The summed E-state index contributed by atoms with van der Waals surface area (Å²) in [7, 11) is 12.4. The van der Waals surface area contributed by atoms with E-state index in [1.165, 1.54) is 57.3 Å². The molecule has 272 valence electrons. The third-order valence-electron chi connectivity index (χ3n) is 3.85. The summed E-state index contributed by atoms with van der Waals surface area (Å²) in [4.78, 5) is 73.1. The number of unbranched alkanes of at least 4 members (excludes halogenated alkanes) is 2. The van der Waals surface area contributed by atoms with Gasteiger partial charge in [0.1, 0.15) is 25.3 Å². The van der Waals surface area contributed by atoms with E-state index < -0.39 is 5.24 Å². The van der Waals surface area contributed by atoms with Crippen LogP contribution >= 0.6 is 35.1 Å². The first-order valence-electron chi connectivity index (χ1n) is 13.0. The van der Waals surface area contributed by atoms with Crippen molar-refractivity contribution in [3.63, 3.8) is 0 Å². The molecule has 0 fully saturated rings. The number of hydrogen-bond donors (Lipinski definition) is 6. The lowest BCUT2D eigenvalue weighted by Gasteiger charge is -2.08. The first-order valence-corrected chi connectivity index (χ1v) is 14.2. The largest absolute Gasteiger partial charge is 0.363 e. The van der Waals surface area contributed by atoms with Crippen LogP contribution in [0.5, 0.6) is 0 Å². The molecule has 0 bridgehead atoms. The second-order valence-electron chi connectivity index (χ2n) is 7.67. The standard InChI is InChI=1S/2C6H12N2O2.C5H12.C4H6ClNO2.C3H6Cl2O2.CH5N.HNO.H3N/c2*1-7-5(9)4-6(10)8(2)3;1-3-5-4-2;1-6-4(8)2-3(5)7;4-3-6-1-2-7-5;2*1-2;/h2*4H2,1-3H3,(H,7,9);3-5H2,1-2H3;2H2,1H3,(H,6,8);1-3H2;2H2,1H3;1H;1H3. The lowest BCUT2D eigenvalue weighted by molar-refractivity contribution is -0.135. The number of nitrogens with two attached hydrogens (primary N) is 1. The molecule has 0 saturated carbocycles. The van der Waals surface area contributed by atoms with Gasteiger partial charge in [0.05, 0.1) is 25.1 Å². The van der Waals surface area contributed by atoms with Crippen molar-refractivity contribution in [1.29, 1.82) is 5.59 Å². The summed E-state index contributed by atoms with van der Waals surface area (Å²) in [5, 5.41) is 6.35. The number of halogens is 3. The number of hydrogen-bond acceptors (Lipinski definition) is 12. The number of rotatable bonds is 12. The normalized spacial score (nSPS) is 7.96. The van der Waals surface area contributed by atoms with Gasteiger partial charge in [-0.05, 0) is 18.6 Å². The van der Waals surface area contributed by atoms with Gasteiger partial charge in [-0.1, -0.05) is 50.3 Å². The highest BCUT2D eigenvalue weighted by molar-refractivity contribution is 6.64. The third kappa shape index (κ3) is 74.3. The molecule has 9 N–H and O–H groups in total. The molecule has 5 amide bonds. The zero-order valence-corrected chi connectivity index (χ0v) is 30.6. The van der Waals surface area contributed by atoms with Crippen molar-refractivity contribution in [2.75, 3.05) is 75.7 Å². The number of amides is 5. The molecule has 0 aromatic carbocycles. The summed E-state index contributed by atoms with van der Waals surface area (Å²) < 4.78 is 8.76. The Bertz CT molecular complexity index is 671. The van der Waals surface area contributed by atoms with Crippen LogP contribution in [0.3, 0.4) is 0 Å². The molecule has 0 aliphatic carbocycles. The highest BCUT2D eigenvalue weighted by Crippen LogP contribution is 1.88. The van der Waals surface area contributed by atoms with Crippen LogP contribution in [0.15, 0.2) is 0 Å². The van der Waals surface area contributed by atoms with Crippen molar-refractivity contribution >= 4 is 69.8 Å². The number of nitrogens with zero attached hydrogens (tertiary/aromatic N) is 2. The van der Waals surface area contributed by atoms with Crippen LogP contribution in [0, 0.1) is 10.5 Å². The average molecular weight is 720 g/mol. The molecule has 0 aromatic heterocycles. The van der Waals surface area contributed by atoms with Gasteiger partial charge in [-0.25, -0.2) is 0 Å². The summed E-state index contributed by atoms with van der Waals surface area (Å²) in [6.45, 7) is 5.26. The fourth-order valence-corrected chi connectivity index (χ4v) is 1.77. The number of carbonyl (C=O) groups is 6. The van der Waals surface area contributed by atoms with E-state index in [2.05, 4.69) is 50.2 Å². The Kier molecular flexibility index (Phi) is 73.4. The van der Waals surface area contributed by atoms with E-state index >= 15 is 0 Å². The van der Waals surface area contributed by atoms with E-state index in [9.17, 15) is 28.8 Å². The number of ether oxygens (including phenoxy) is 1. The second kappa shape index (κ2) is 53.9. The van der Waals surface area contributed by atoms with Gasteiger partial charge in [-0.3, -0.25) is 33.1 Å². The zero-order chi connectivity index (χ0) is 36.5. The van der Waals surface area contributed by atoms with Crippen molar-refractivity contribution in [3.8, 4) is 0 Å². The first kappa shape index (κ1) is 61.4. The lowest BCUT2D eigenvalue weighted by Crippen LogP contribution is -2.29. The number of nitrogens with one attached hydrogen (secondary N) is 4. The molecule has 0 aliphatic heterocycles. The molecular weight excluding hydrogens is 663 g/mol. The number of alkyl halides is 1. The molecule has 0 unspecified atom stereocenters. The highest BCUT2D eigenvalue weighted by Gasteiger charge is 2.09. The fourth-order valence-electron chi connectivity index (χ4n) is 1.48. The minimum Gasteiger partial charge on any atom is -0.363 e. The van der Waals surface area contributed by atoms with Gasteiger partial charge in [-0.2, -0.15) is 4.91 Å². The molecule has 0 aliphatic rings. The van der Waals surface area contributed by atoms with E-state index in [-0.39, 0.29) is 61.0 Å². The van der Waals surface area contributed by atoms with E-state index in [0.717, 1.165) is 0 Å². The van der Waals surface area contributed by atoms with E-state index in [1.54, 1.807) is 28.2 Å². The summed E-state index contributed by atoms with van der Waals surface area (Å²) in [5.74, 6) is -1.22. The monoisotopic (exact) mass is 718 g/mol. The molecule has 0 saturated heterocycles. The van der Waals surface area contributed by atoms with Crippen molar-refractivity contribution < 1.29 is 37.8 Å². The maximum Gasteiger partial charge on any atom is 0.231 e. The van der Waals surface area contributed by atoms with Crippen molar-refractivity contribution in [3.05, 3.63) is 4.91 Å². The smallest absolute Gasteiger partial charge is 0.231 e. The molecular formula is C25H57Cl3N8O9. The highest BCUT2D eigenvalue weighted by atomic mass is 35.5. The SMILES string of the molecule is CCCCC.CN.CNC(=O)CC(=O)Cl.CNC(=O)CC(=O)N(C)C.CNC(=O)CC(=O)N(C)C.ClCOCCOCl.N.N=O. The Morgan fingerprint density at radius 3 is 1.18 bits per heavy atom. The Labute approximate surface area is 283 Å². The van der Waals surface area contributed by atoms with E-state index in [4.69, 9.17) is 40.0 Å². The van der Waals surface area contributed by atoms with E-state index in [1.807, 2.05) is 0 Å². The summed E-state index contributed by atoms with van der Waals surface area (Å²) in [6, 6.07) is 0.195. The molecule has 0 atom stereocenters. The molecule has 0 spiro atoms. The lowest BCUT2D eigenvalue weighted by atomic mass is 10.3.